The van der Waals surface area contributed by atoms with Crippen molar-refractivity contribution in [2.75, 3.05) is 5.32 Å². The van der Waals surface area contributed by atoms with Crippen molar-refractivity contribution < 1.29 is 19.1 Å². The average molecular weight is 562 g/mol. The molecule has 4 heterocycles. The Balaban J connectivity index is 1.29. The summed E-state index contributed by atoms with van der Waals surface area (Å²) in [5.74, 6) is -0.824. The first-order chi connectivity index (χ1) is 19.2. The minimum atomic E-state index is -1.16. The molecule has 6 rings (SSSR count). The van der Waals surface area contributed by atoms with Gasteiger partial charge in [-0.1, -0.05) is 70.9 Å². The minimum Gasteiger partial charge on any atom is -0.359 e. The molecule has 0 radical (unpaired) electrons. The number of hydrogen-bond donors (Lipinski definition) is 2. The Morgan fingerprint density at radius 1 is 1.12 bits per heavy atom. The van der Waals surface area contributed by atoms with Crippen LogP contribution in [0.3, 0.4) is 0 Å². The normalized spacial score (nSPS) is 34.4. The fraction of sp³-hybridized carbons (Fsp3) is 0.531. The summed E-state index contributed by atoms with van der Waals surface area (Å²) >= 11 is 1.56. The first-order valence-corrected chi connectivity index (χ1v) is 15.5. The maximum atomic E-state index is 14.2. The van der Waals surface area contributed by atoms with Gasteiger partial charge in [-0.05, 0) is 53.3 Å². The Kier molecular flexibility index (Phi) is 7.11. The Labute approximate surface area is 240 Å². The van der Waals surface area contributed by atoms with Crippen LogP contribution in [0.15, 0.2) is 53.9 Å². The van der Waals surface area contributed by atoms with E-state index in [-0.39, 0.29) is 23.8 Å². The van der Waals surface area contributed by atoms with Gasteiger partial charge in [-0.2, -0.15) is 0 Å². The lowest BCUT2D eigenvalue weighted by Crippen LogP contribution is -2.57. The van der Waals surface area contributed by atoms with Crippen LogP contribution in [0, 0.1) is 23.7 Å². The van der Waals surface area contributed by atoms with Gasteiger partial charge in [0.25, 0.3) is 0 Å². The number of anilines is 1. The predicted octanol–water partition coefficient (Wildman–Crippen LogP) is 5.10. The van der Waals surface area contributed by atoms with E-state index in [9.17, 15) is 14.4 Å². The van der Waals surface area contributed by atoms with Crippen molar-refractivity contribution in [3.05, 3.63) is 64.4 Å². The van der Waals surface area contributed by atoms with Gasteiger partial charge in [-0.15, -0.1) is 11.3 Å². The second kappa shape index (κ2) is 10.5. The first kappa shape index (κ1) is 27.2. The van der Waals surface area contributed by atoms with Gasteiger partial charge in [0.05, 0.1) is 24.5 Å². The second-order valence-corrected chi connectivity index (χ2v) is 13.4. The van der Waals surface area contributed by atoms with Gasteiger partial charge in [0.1, 0.15) is 11.6 Å². The van der Waals surface area contributed by atoms with Crippen LogP contribution in [0.5, 0.6) is 0 Å². The van der Waals surface area contributed by atoms with Gasteiger partial charge >= 0.3 is 0 Å². The van der Waals surface area contributed by atoms with E-state index in [1.54, 1.807) is 16.2 Å². The molecular formula is C32H39N3O4S. The molecule has 8 unspecified atom stereocenters. The molecule has 1 aromatic heterocycles. The number of ether oxygens (including phenoxy) is 1. The molecule has 2 bridgehead atoms. The molecule has 1 aliphatic carbocycles. The maximum Gasteiger partial charge on any atom is 0.246 e. The Morgan fingerprint density at radius 2 is 1.90 bits per heavy atom. The van der Waals surface area contributed by atoms with E-state index in [1.165, 1.54) is 5.56 Å². The van der Waals surface area contributed by atoms with Crippen LogP contribution in [0.1, 0.15) is 63.3 Å². The molecule has 3 aliphatic heterocycles. The summed E-state index contributed by atoms with van der Waals surface area (Å²) in [6, 6.07) is 11.0. The number of hydrogen-bond acceptors (Lipinski definition) is 5. The van der Waals surface area contributed by atoms with Crippen molar-refractivity contribution in [1.82, 2.24) is 10.2 Å². The molecule has 2 aromatic rings. The van der Waals surface area contributed by atoms with E-state index in [1.807, 2.05) is 53.9 Å². The molecule has 4 aliphatic rings. The quantitative estimate of drug-likeness (QED) is 0.461. The molecular weight excluding hydrogens is 522 g/mol. The molecule has 2 saturated heterocycles. The number of benzene rings is 1. The Hall–Kier alpha value is -2.97. The third-order valence-corrected chi connectivity index (χ3v) is 10.6. The molecule has 3 fully saturated rings. The summed E-state index contributed by atoms with van der Waals surface area (Å²) in [6.07, 6.45) is 6.38. The highest BCUT2D eigenvalue weighted by molar-refractivity contribution is 7.09. The SMILES string of the molecule is CC(C)c1ccc(NC(=O)C2C3C=CC4(O3)C2C(=O)N(Cc2cccs2)C4C(=O)NC2CCCC(C)C2C)cc1. The van der Waals surface area contributed by atoms with Gasteiger partial charge in [-0.3, -0.25) is 14.4 Å². The van der Waals surface area contributed by atoms with Crippen LogP contribution < -0.4 is 10.6 Å². The van der Waals surface area contributed by atoms with E-state index >= 15 is 0 Å². The number of carbonyl (C=O) groups is 3. The molecule has 7 nitrogen and oxygen atoms in total. The van der Waals surface area contributed by atoms with Crippen LogP contribution >= 0.6 is 11.3 Å². The van der Waals surface area contributed by atoms with Crippen LogP contribution in [0.2, 0.25) is 0 Å². The summed E-state index contributed by atoms with van der Waals surface area (Å²) in [6.45, 7) is 9.01. The Bertz CT molecular complexity index is 1310. The second-order valence-electron chi connectivity index (χ2n) is 12.4. The number of nitrogens with zero attached hydrogens (tertiary/aromatic N) is 1. The maximum absolute atomic E-state index is 14.2. The minimum absolute atomic E-state index is 0.0564. The van der Waals surface area contributed by atoms with Crippen molar-refractivity contribution in [3.8, 4) is 0 Å². The first-order valence-electron chi connectivity index (χ1n) is 14.6. The number of rotatable bonds is 7. The van der Waals surface area contributed by atoms with Crippen molar-refractivity contribution in [3.63, 3.8) is 0 Å². The largest absolute Gasteiger partial charge is 0.359 e. The third-order valence-electron chi connectivity index (χ3n) is 9.71. The van der Waals surface area contributed by atoms with Gasteiger partial charge in [-0.25, -0.2) is 0 Å². The summed E-state index contributed by atoms with van der Waals surface area (Å²) in [5, 5.41) is 8.31. The van der Waals surface area contributed by atoms with E-state index < -0.39 is 29.6 Å². The molecule has 1 aromatic carbocycles. The van der Waals surface area contributed by atoms with Gasteiger partial charge in [0.15, 0.2) is 0 Å². The van der Waals surface area contributed by atoms with Crippen molar-refractivity contribution >= 4 is 34.7 Å². The lowest BCUT2D eigenvalue weighted by Gasteiger charge is -2.38. The third kappa shape index (κ3) is 4.49. The van der Waals surface area contributed by atoms with E-state index in [0.29, 0.717) is 30.0 Å². The molecule has 1 spiro atoms. The molecule has 8 atom stereocenters. The Morgan fingerprint density at radius 3 is 2.60 bits per heavy atom. The average Bonchev–Trinajstić information content (AvgIpc) is 3.70. The van der Waals surface area contributed by atoms with Gasteiger partial charge in [0, 0.05) is 16.6 Å². The standard InChI is InChI=1S/C32H39N3O4S/c1-18(2)21-10-12-22(13-11-21)33-29(36)26-25-14-15-32(39-25)27(26)31(38)35(17-23-8-6-16-40-23)28(32)30(37)34-24-9-5-7-19(3)20(24)4/h6,8,10-16,18-20,24-28H,5,7,9,17H2,1-4H3,(H,33,36)(H,34,37). The lowest BCUT2D eigenvalue weighted by molar-refractivity contribution is -0.142. The topological polar surface area (TPSA) is 87.7 Å². The summed E-state index contributed by atoms with van der Waals surface area (Å²) < 4.78 is 6.50. The molecule has 40 heavy (non-hydrogen) atoms. The summed E-state index contributed by atoms with van der Waals surface area (Å²) in [7, 11) is 0. The number of thiophene rings is 1. The number of likely N-dealkylation sites (tertiary alicyclic amines) is 1. The number of carbonyl (C=O) groups excluding carboxylic acids is 3. The van der Waals surface area contributed by atoms with Gasteiger partial charge in [0.2, 0.25) is 17.7 Å². The van der Waals surface area contributed by atoms with Crippen molar-refractivity contribution in [2.24, 2.45) is 23.7 Å². The molecule has 8 heteroatoms. The van der Waals surface area contributed by atoms with E-state index in [4.69, 9.17) is 4.74 Å². The molecule has 3 amide bonds. The highest BCUT2D eigenvalue weighted by atomic mass is 32.1. The monoisotopic (exact) mass is 561 g/mol. The number of fused-ring (bicyclic) bond motifs is 1. The zero-order valence-electron chi connectivity index (χ0n) is 23.6. The molecule has 1 saturated carbocycles. The zero-order chi connectivity index (χ0) is 28.2. The predicted molar refractivity (Wildman–Crippen MR) is 156 cm³/mol. The highest BCUT2D eigenvalue weighted by Crippen LogP contribution is 2.55. The fourth-order valence-electron chi connectivity index (χ4n) is 7.23. The summed E-state index contributed by atoms with van der Waals surface area (Å²) in [4.78, 5) is 44.6. The van der Waals surface area contributed by atoms with Crippen LogP contribution in [0.25, 0.3) is 0 Å². The number of nitrogens with one attached hydrogen (secondary N) is 2. The van der Waals surface area contributed by atoms with Crippen molar-refractivity contribution in [1.29, 1.82) is 0 Å². The number of amides is 3. The van der Waals surface area contributed by atoms with E-state index in [0.717, 1.165) is 24.1 Å². The van der Waals surface area contributed by atoms with Gasteiger partial charge < -0.3 is 20.3 Å². The zero-order valence-corrected chi connectivity index (χ0v) is 24.4. The van der Waals surface area contributed by atoms with Crippen LogP contribution in [0.4, 0.5) is 5.69 Å². The van der Waals surface area contributed by atoms with E-state index in [2.05, 4.69) is 38.3 Å². The molecule has 212 valence electrons. The lowest BCUT2D eigenvalue weighted by atomic mass is 9.73. The smallest absolute Gasteiger partial charge is 0.246 e. The van der Waals surface area contributed by atoms with Crippen molar-refractivity contribution in [2.45, 2.75) is 83.2 Å². The highest BCUT2D eigenvalue weighted by Gasteiger charge is 2.72. The fourth-order valence-corrected chi connectivity index (χ4v) is 7.94. The van der Waals surface area contributed by atoms with Crippen LogP contribution in [-0.4, -0.2) is 46.4 Å². The molecule has 2 N–H and O–H groups in total. The van der Waals surface area contributed by atoms with Crippen LogP contribution in [-0.2, 0) is 25.7 Å². The summed E-state index contributed by atoms with van der Waals surface area (Å²) in [5.41, 5.74) is 0.718.